The lowest BCUT2D eigenvalue weighted by Crippen LogP contribution is -2.51. The summed E-state index contributed by atoms with van der Waals surface area (Å²) in [7, 11) is -3.46. The summed E-state index contributed by atoms with van der Waals surface area (Å²) >= 11 is 3.24. The smallest absolute Gasteiger partial charge is 0.404 e. The summed E-state index contributed by atoms with van der Waals surface area (Å²) in [5.41, 5.74) is 4.85. The second kappa shape index (κ2) is 5.48. The molecule has 0 saturated carbocycles. The predicted octanol–water partition coefficient (Wildman–Crippen LogP) is 1.16. The van der Waals surface area contributed by atoms with E-state index in [2.05, 4.69) is 20.7 Å². The zero-order valence-electron chi connectivity index (χ0n) is 9.95. The number of nitrogens with two attached hydrogens (primary N) is 1. The second-order valence-corrected chi connectivity index (χ2v) is 7.13. The largest absolute Gasteiger partial charge is 0.449 e. The molecule has 2 rings (SSSR count). The van der Waals surface area contributed by atoms with Crippen LogP contribution in [0.3, 0.4) is 0 Å². The van der Waals surface area contributed by atoms with Gasteiger partial charge in [-0.1, -0.05) is 22.0 Å². The van der Waals surface area contributed by atoms with Crippen LogP contribution in [0.4, 0.5) is 4.79 Å². The number of primary amides is 1. The number of carbonyl (C=O) groups is 1. The van der Waals surface area contributed by atoms with Crippen LogP contribution < -0.4 is 5.73 Å². The number of rotatable bonds is 4. The molecular weight excluding hydrogens is 336 g/mol. The summed E-state index contributed by atoms with van der Waals surface area (Å²) < 4.78 is 31.1. The Morgan fingerprint density at radius 1 is 1.47 bits per heavy atom. The van der Waals surface area contributed by atoms with Crippen molar-refractivity contribution in [3.05, 3.63) is 28.7 Å². The van der Waals surface area contributed by atoms with Crippen molar-refractivity contribution in [3.63, 3.8) is 0 Å². The Morgan fingerprint density at radius 3 is 2.74 bits per heavy atom. The van der Waals surface area contributed by atoms with E-state index in [-0.39, 0.29) is 17.4 Å². The highest BCUT2D eigenvalue weighted by Crippen LogP contribution is 2.26. The number of amides is 1. The molecule has 1 aromatic rings. The highest BCUT2D eigenvalue weighted by Gasteiger charge is 2.37. The zero-order valence-corrected chi connectivity index (χ0v) is 12.4. The van der Waals surface area contributed by atoms with Gasteiger partial charge in [0.15, 0.2) is 0 Å². The predicted molar refractivity (Wildman–Crippen MR) is 71.9 cm³/mol. The van der Waals surface area contributed by atoms with Crippen molar-refractivity contribution in [2.45, 2.75) is 4.90 Å². The molecule has 0 atom stereocenters. The van der Waals surface area contributed by atoms with Gasteiger partial charge in [0.2, 0.25) is 10.0 Å². The Labute approximate surface area is 119 Å². The minimum Gasteiger partial charge on any atom is -0.449 e. The van der Waals surface area contributed by atoms with E-state index >= 15 is 0 Å². The van der Waals surface area contributed by atoms with Gasteiger partial charge in [-0.05, 0) is 18.2 Å². The molecular formula is C11H13BrN2O4S. The molecule has 19 heavy (non-hydrogen) atoms. The normalized spacial score (nSPS) is 16.9. The summed E-state index contributed by atoms with van der Waals surface area (Å²) in [5, 5.41) is 0. The highest BCUT2D eigenvalue weighted by atomic mass is 79.9. The molecule has 1 heterocycles. The summed E-state index contributed by atoms with van der Waals surface area (Å²) in [4.78, 5) is 10.7. The van der Waals surface area contributed by atoms with Crippen LogP contribution in [0.2, 0.25) is 0 Å². The summed E-state index contributed by atoms with van der Waals surface area (Å²) in [6.45, 7) is 0.824. The molecule has 0 radical (unpaired) electrons. The number of ether oxygens (including phenoxy) is 1. The van der Waals surface area contributed by atoms with Crippen LogP contribution in [0.25, 0.3) is 0 Å². The summed E-state index contributed by atoms with van der Waals surface area (Å²) in [6.07, 6.45) is -0.840. The summed E-state index contributed by atoms with van der Waals surface area (Å²) in [5.74, 6) is 0.00873. The van der Waals surface area contributed by atoms with Gasteiger partial charge in [0, 0.05) is 23.5 Å². The standard InChI is InChI=1S/C11H13BrN2O4S/c12-9-2-1-3-10(4-9)19(16,17)14-5-8(6-14)7-18-11(13)15/h1-4,8H,5-7H2,(H2,13,15). The third-order valence-corrected chi connectivity index (χ3v) is 5.14. The molecule has 1 aliphatic rings. The van der Waals surface area contributed by atoms with Crippen LogP contribution in [0.5, 0.6) is 0 Å². The molecule has 1 amide bonds. The first-order chi connectivity index (χ1) is 8.89. The van der Waals surface area contributed by atoms with Crippen LogP contribution in [0.1, 0.15) is 0 Å². The molecule has 1 aliphatic heterocycles. The van der Waals surface area contributed by atoms with Crippen LogP contribution in [-0.4, -0.2) is 38.5 Å². The number of hydrogen-bond acceptors (Lipinski definition) is 4. The lowest BCUT2D eigenvalue weighted by Gasteiger charge is -2.37. The first-order valence-corrected chi connectivity index (χ1v) is 7.81. The van der Waals surface area contributed by atoms with Crippen molar-refractivity contribution in [2.75, 3.05) is 19.7 Å². The van der Waals surface area contributed by atoms with Gasteiger partial charge in [-0.15, -0.1) is 0 Å². The number of sulfonamides is 1. The molecule has 2 N–H and O–H groups in total. The average Bonchev–Trinajstić information content (AvgIpc) is 2.26. The molecule has 0 unspecified atom stereocenters. The summed E-state index contributed by atoms with van der Waals surface area (Å²) in [6, 6.07) is 6.54. The Morgan fingerprint density at radius 2 is 2.16 bits per heavy atom. The third kappa shape index (κ3) is 3.26. The Hall–Kier alpha value is -1.12. The van der Waals surface area contributed by atoms with Gasteiger partial charge in [0.25, 0.3) is 0 Å². The minimum absolute atomic E-state index is 0.00873. The maximum atomic E-state index is 12.2. The van der Waals surface area contributed by atoms with Crippen LogP contribution >= 0.6 is 15.9 Å². The fraction of sp³-hybridized carbons (Fsp3) is 0.364. The van der Waals surface area contributed by atoms with Crippen LogP contribution in [0, 0.1) is 5.92 Å². The Bertz CT molecular complexity index is 584. The SMILES string of the molecule is NC(=O)OCC1CN(S(=O)(=O)c2cccc(Br)c2)C1. The first kappa shape index (κ1) is 14.3. The molecule has 1 aromatic carbocycles. The molecule has 0 aliphatic carbocycles. The fourth-order valence-corrected chi connectivity index (χ4v) is 3.99. The van der Waals surface area contributed by atoms with Crippen molar-refractivity contribution >= 4 is 32.0 Å². The van der Waals surface area contributed by atoms with Gasteiger partial charge >= 0.3 is 6.09 Å². The quantitative estimate of drug-likeness (QED) is 0.884. The Kier molecular flexibility index (Phi) is 4.12. The first-order valence-electron chi connectivity index (χ1n) is 5.57. The van der Waals surface area contributed by atoms with Gasteiger partial charge in [-0.3, -0.25) is 0 Å². The van der Waals surface area contributed by atoms with Gasteiger partial charge in [-0.25, -0.2) is 13.2 Å². The number of hydrogen-bond donors (Lipinski definition) is 1. The highest BCUT2D eigenvalue weighted by molar-refractivity contribution is 9.10. The zero-order chi connectivity index (χ0) is 14.0. The number of carbonyl (C=O) groups excluding carboxylic acids is 1. The van der Waals surface area contributed by atoms with Crippen molar-refractivity contribution in [1.82, 2.24) is 4.31 Å². The van der Waals surface area contributed by atoms with Crippen LogP contribution in [-0.2, 0) is 14.8 Å². The second-order valence-electron chi connectivity index (χ2n) is 4.28. The van der Waals surface area contributed by atoms with Crippen molar-refractivity contribution < 1.29 is 17.9 Å². The van der Waals surface area contributed by atoms with Crippen molar-refractivity contribution in [2.24, 2.45) is 11.7 Å². The lowest BCUT2D eigenvalue weighted by atomic mass is 10.1. The molecule has 6 nitrogen and oxygen atoms in total. The van der Waals surface area contributed by atoms with E-state index in [9.17, 15) is 13.2 Å². The number of benzene rings is 1. The molecule has 104 valence electrons. The molecule has 1 saturated heterocycles. The van der Waals surface area contributed by atoms with Gasteiger partial charge < -0.3 is 10.5 Å². The maximum Gasteiger partial charge on any atom is 0.404 e. The van der Waals surface area contributed by atoms with Gasteiger partial charge in [-0.2, -0.15) is 4.31 Å². The monoisotopic (exact) mass is 348 g/mol. The van der Waals surface area contributed by atoms with Gasteiger partial charge in [0.1, 0.15) is 0 Å². The third-order valence-electron chi connectivity index (χ3n) is 2.82. The topological polar surface area (TPSA) is 89.7 Å². The van der Waals surface area contributed by atoms with Gasteiger partial charge in [0.05, 0.1) is 11.5 Å². The molecule has 0 spiro atoms. The molecule has 0 aromatic heterocycles. The minimum atomic E-state index is -3.46. The van der Waals surface area contributed by atoms with E-state index in [1.54, 1.807) is 24.3 Å². The van der Waals surface area contributed by atoms with E-state index in [0.717, 1.165) is 0 Å². The lowest BCUT2D eigenvalue weighted by molar-refractivity contribution is 0.0887. The van der Waals surface area contributed by atoms with E-state index in [0.29, 0.717) is 17.6 Å². The van der Waals surface area contributed by atoms with E-state index in [1.807, 2.05) is 0 Å². The molecule has 1 fully saturated rings. The maximum absolute atomic E-state index is 12.2. The fourth-order valence-electron chi connectivity index (χ4n) is 1.80. The number of nitrogens with zero attached hydrogens (tertiary/aromatic N) is 1. The van der Waals surface area contributed by atoms with E-state index in [4.69, 9.17) is 5.73 Å². The molecule has 0 bridgehead atoms. The van der Waals surface area contributed by atoms with E-state index < -0.39 is 16.1 Å². The van der Waals surface area contributed by atoms with Crippen molar-refractivity contribution in [3.8, 4) is 0 Å². The van der Waals surface area contributed by atoms with Crippen molar-refractivity contribution in [1.29, 1.82) is 0 Å². The van der Waals surface area contributed by atoms with E-state index in [1.165, 1.54) is 4.31 Å². The molecule has 8 heteroatoms. The van der Waals surface area contributed by atoms with Crippen LogP contribution in [0.15, 0.2) is 33.6 Å². The number of halogens is 1. The average molecular weight is 349 g/mol. The Balaban J connectivity index is 1.98.